The van der Waals surface area contributed by atoms with Gasteiger partial charge in [0.05, 0.1) is 5.69 Å². The Morgan fingerprint density at radius 1 is 0.327 bits per heavy atom. The average Bonchev–Trinajstić information content (AvgIpc) is 3.36. The molecule has 0 aromatic heterocycles. The van der Waals surface area contributed by atoms with E-state index in [1.807, 2.05) is 0 Å². The van der Waals surface area contributed by atoms with Gasteiger partial charge in [-0.1, -0.05) is 152 Å². The first-order valence-electron chi connectivity index (χ1n) is 17.8. The second-order valence-electron chi connectivity index (χ2n) is 13.3. The fraction of sp³-hybridized carbons (Fsp3) is 0. The van der Waals surface area contributed by atoms with Crippen LogP contribution in [0.4, 0.5) is 17.1 Å². The summed E-state index contributed by atoms with van der Waals surface area (Å²) in [7, 11) is 0. The van der Waals surface area contributed by atoms with Crippen molar-refractivity contribution in [1.29, 1.82) is 0 Å². The molecule has 244 valence electrons. The zero-order valence-corrected chi connectivity index (χ0v) is 28.4. The highest BCUT2D eigenvalue weighted by atomic mass is 16.5. The SMILES string of the molecule is c1ccc(-c2ccc(N(c3ccc4c(c3)-c3ccc5ccccc5c3Oc3ccc(-c5ccccc5)cc3-4)c3cccc4ccccc34)cc2)cc1. The van der Waals surface area contributed by atoms with Crippen molar-refractivity contribution in [1.82, 2.24) is 0 Å². The number of fused-ring (bicyclic) bond motifs is 8. The maximum Gasteiger partial charge on any atom is 0.143 e. The molecule has 9 aromatic carbocycles. The minimum atomic E-state index is 0.853. The lowest BCUT2D eigenvalue weighted by Gasteiger charge is -2.28. The summed E-state index contributed by atoms with van der Waals surface area (Å²) in [6, 6.07) is 71.7. The van der Waals surface area contributed by atoms with Crippen LogP contribution in [0.25, 0.3) is 66.1 Å². The maximum absolute atomic E-state index is 6.96. The molecule has 1 aliphatic rings. The largest absolute Gasteiger partial charge is 0.455 e. The predicted octanol–water partition coefficient (Wildman–Crippen LogP) is 14.2. The normalized spacial score (nSPS) is 11.6. The van der Waals surface area contributed by atoms with Crippen LogP contribution in [0, 0.1) is 0 Å². The molecule has 2 heteroatoms. The van der Waals surface area contributed by atoms with Gasteiger partial charge >= 0.3 is 0 Å². The number of rotatable bonds is 5. The smallest absolute Gasteiger partial charge is 0.143 e. The van der Waals surface area contributed by atoms with Crippen LogP contribution in [0.15, 0.2) is 200 Å². The lowest BCUT2D eigenvalue weighted by Crippen LogP contribution is -2.10. The van der Waals surface area contributed by atoms with E-state index in [1.54, 1.807) is 0 Å². The molecule has 0 amide bonds. The number of ether oxygens (including phenoxy) is 1. The van der Waals surface area contributed by atoms with E-state index in [1.165, 1.54) is 27.5 Å². The van der Waals surface area contributed by atoms with Crippen LogP contribution in [-0.2, 0) is 0 Å². The molecule has 10 rings (SSSR count). The average molecular weight is 664 g/mol. The zero-order valence-electron chi connectivity index (χ0n) is 28.4. The summed E-state index contributed by atoms with van der Waals surface area (Å²) in [6.07, 6.45) is 0. The van der Waals surface area contributed by atoms with Gasteiger partial charge in [0.25, 0.3) is 0 Å². The lowest BCUT2D eigenvalue weighted by atomic mass is 9.91. The molecule has 52 heavy (non-hydrogen) atoms. The third-order valence-corrected chi connectivity index (χ3v) is 10.3. The van der Waals surface area contributed by atoms with Gasteiger partial charge in [-0.25, -0.2) is 0 Å². The van der Waals surface area contributed by atoms with Crippen molar-refractivity contribution in [3.8, 4) is 56.0 Å². The Kier molecular flexibility index (Phi) is 7.18. The van der Waals surface area contributed by atoms with E-state index in [0.717, 1.165) is 67.2 Å². The van der Waals surface area contributed by atoms with Crippen molar-refractivity contribution < 1.29 is 4.74 Å². The van der Waals surface area contributed by atoms with Gasteiger partial charge in [0.15, 0.2) is 0 Å². The van der Waals surface area contributed by atoms with Crippen LogP contribution >= 0.6 is 0 Å². The van der Waals surface area contributed by atoms with Gasteiger partial charge in [-0.05, 0) is 92.7 Å². The first-order valence-corrected chi connectivity index (χ1v) is 17.8. The number of hydrogen-bond acceptors (Lipinski definition) is 2. The topological polar surface area (TPSA) is 12.5 Å². The van der Waals surface area contributed by atoms with E-state index in [2.05, 4.69) is 205 Å². The Bertz CT molecular complexity index is 2750. The van der Waals surface area contributed by atoms with Crippen LogP contribution in [0.2, 0.25) is 0 Å². The van der Waals surface area contributed by atoms with Gasteiger partial charge < -0.3 is 9.64 Å². The highest BCUT2D eigenvalue weighted by molar-refractivity contribution is 6.03. The van der Waals surface area contributed by atoms with Crippen molar-refractivity contribution in [3.05, 3.63) is 200 Å². The van der Waals surface area contributed by atoms with Crippen molar-refractivity contribution in [2.75, 3.05) is 4.90 Å². The Balaban J connectivity index is 1.22. The minimum Gasteiger partial charge on any atom is -0.455 e. The van der Waals surface area contributed by atoms with E-state index in [9.17, 15) is 0 Å². The second-order valence-corrected chi connectivity index (χ2v) is 13.3. The summed E-state index contributed by atoms with van der Waals surface area (Å²) in [5.41, 5.74) is 12.4. The molecule has 0 radical (unpaired) electrons. The van der Waals surface area contributed by atoms with Gasteiger partial charge in [0.1, 0.15) is 11.5 Å². The lowest BCUT2D eigenvalue weighted by molar-refractivity contribution is 0.493. The van der Waals surface area contributed by atoms with Gasteiger partial charge in [0.2, 0.25) is 0 Å². The standard InChI is InChI=1S/C50H33NO/c1-3-12-34(13-4-1)36-22-26-40(27-23-36)51(48-21-11-18-37-16-7-9-19-42(37)48)41-28-30-44-46(33-41)45-29-24-38-17-8-10-20-43(38)50(45)52-49-31-25-39(32-47(44)49)35-14-5-2-6-15-35/h1-33H. The second kappa shape index (κ2) is 12.5. The number of benzene rings is 9. The summed E-state index contributed by atoms with van der Waals surface area (Å²) >= 11 is 0. The third-order valence-electron chi connectivity index (χ3n) is 10.3. The maximum atomic E-state index is 6.96. The van der Waals surface area contributed by atoms with Crippen molar-refractivity contribution >= 4 is 38.6 Å². The van der Waals surface area contributed by atoms with Crippen LogP contribution in [-0.4, -0.2) is 0 Å². The van der Waals surface area contributed by atoms with Crippen LogP contribution in [0.5, 0.6) is 11.5 Å². The fourth-order valence-corrected chi connectivity index (χ4v) is 7.71. The molecule has 0 fully saturated rings. The highest BCUT2D eigenvalue weighted by Gasteiger charge is 2.25. The van der Waals surface area contributed by atoms with Crippen molar-refractivity contribution in [3.63, 3.8) is 0 Å². The van der Waals surface area contributed by atoms with E-state index < -0.39 is 0 Å². The Morgan fingerprint density at radius 2 is 0.904 bits per heavy atom. The summed E-state index contributed by atoms with van der Waals surface area (Å²) in [6.45, 7) is 0. The molecule has 2 nitrogen and oxygen atoms in total. The number of nitrogens with zero attached hydrogens (tertiary/aromatic N) is 1. The van der Waals surface area contributed by atoms with Gasteiger partial charge in [-0.15, -0.1) is 0 Å². The van der Waals surface area contributed by atoms with E-state index in [0.29, 0.717) is 0 Å². The van der Waals surface area contributed by atoms with Crippen LogP contribution < -0.4 is 9.64 Å². The molecule has 1 heterocycles. The molecular formula is C50H33NO. The third kappa shape index (κ3) is 5.12. The van der Waals surface area contributed by atoms with Crippen molar-refractivity contribution in [2.45, 2.75) is 0 Å². The molecule has 0 unspecified atom stereocenters. The van der Waals surface area contributed by atoms with E-state index in [-0.39, 0.29) is 0 Å². The fourth-order valence-electron chi connectivity index (χ4n) is 7.71. The molecule has 0 N–H and O–H groups in total. The van der Waals surface area contributed by atoms with Gasteiger partial charge in [-0.3, -0.25) is 0 Å². The summed E-state index contributed by atoms with van der Waals surface area (Å²) in [5, 5.41) is 4.64. The molecule has 0 atom stereocenters. The Morgan fingerprint density at radius 3 is 1.67 bits per heavy atom. The molecule has 1 aliphatic heterocycles. The number of hydrogen-bond donors (Lipinski definition) is 0. The summed E-state index contributed by atoms with van der Waals surface area (Å²) < 4.78 is 6.96. The molecule has 9 aromatic rings. The first-order chi connectivity index (χ1) is 25.8. The molecule has 0 spiro atoms. The molecule has 0 saturated heterocycles. The Labute approximate surface area is 303 Å². The van der Waals surface area contributed by atoms with Gasteiger partial charge in [-0.2, -0.15) is 0 Å². The first kappa shape index (κ1) is 30.0. The summed E-state index contributed by atoms with van der Waals surface area (Å²) in [5.74, 6) is 1.73. The zero-order chi connectivity index (χ0) is 34.4. The number of anilines is 3. The van der Waals surface area contributed by atoms with Crippen LogP contribution in [0.1, 0.15) is 0 Å². The van der Waals surface area contributed by atoms with E-state index >= 15 is 0 Å². The molecule has 0 bridgehead atoms. The van der Waals surface area contributed by atoms with Crippen LogP contribution in [0.3, 0.4) is 0 Å². The predicted molar refractivity (Wildman–Crippen MR) is 218 cm³/mol. The molecular weight excluding hydrogens is 631 g/mol. The van der Waals surface area contributed by atoms with E-state index in [4.69, 9.17) is 4.74 Å². The molecule has 0 saturated carbocycles. The Hall–Kier alpha value is -6.90. The molecule has 0 aliphatic carbocycles. The quantitative estimate of drug-likeness (QED) is 0.182. The van der Waals surface area contributed by atoms with Crippen molar-refractivity contribution in [2.24, 2.45) is 0 Å². The highest BCUT2D eigenvalue weighted by Crippen LogP contribution is 2.52. The summed E-state index contributed by atoms with van der Waals surface area (Å²) in [4.78, 5) is 2.39. The minimum absolute atomic E-state index is 0.853. The monoisotopic (exact) mass is 663 g/mol. The van der Waals surface area contributed by atoms with Gasteiger partial charge in [0, 0.05) is 33.3 Å².